The number of piperazine rings is 1. The molecule has 2 unspecified atom stereocenters. The Kier molecular flexibility index (Phi) is 4.09. The number of carbonyl (C=O) groups excluding carboxylic acids is 2. The number of methoxy groups -OCH3 is 1. The van der Waals surface area contributed by atoms with Crippen molar-refractivity contribution in [2.45, 2.75) is 70.1 Å². The van der Waals surface area contributed by atoms with Gasteiger partial charge >= 0.3 is 0 Å². The van der Waals surface area contributed by atoms with Gasteiger partial charge in [0, 0.05) is 7.11 Å². The summed E-state index contributed by atoms with van der Waals surface area (Å²) in [5.41, 5.74) is -1.02. The van der Waals surface area contributed by atoms with Crippen LogP contribution >= 0.6 is 0 Å². The summed E-state index contributed by atoms with van der Waals surface area (Å²) >= 11 is 0. The third-order valence-electron chi connectivity index (χ3n) is 5.06. The SMILES string of the molecule is CCC1C(=O)NC(C)(CC)C(=O)N1CC1(OC)CCC1. The van der Waals surface area contributed by atoms with Gasteiger partial charge in [-0.15, -0.1) is 0 Å². The highest BCUT2D eigenvalue weighted by atomic mass is 16.5. The van der Waals surface area contributed by atoms with Crippen LogP contribution in [0.2, 0.25) is 0 Å². The van der Waals surface area contributed by atoms with E-state index in [1.807, 2.05) is 20.8 Å². The second kappa shape index (κ2) is 5.35. The molecule has 2 aliphatic rings. The van der Waals surface area contributed by atoms with Crippen LogP contribution in [0.5, 0.6) is 0 Å². The summed E-state index contributed by atoms with van der Waals surface area (Å²) in [7, 11) is 1.70. The second-order valence-corrected chi connectivity index (χ2v) is 6.27. The van der Waals surface area contributed by atoms with E-state index >= 15 is 0 Å². The third kappa shape index (κ3) is 2.32. The second-order valence-electron chi connectivity index (χ2n) is 6.27. The first-order chi connectivity index (χ1) is 9.41. The standard InChI is InChI=1S/C15H26N2O3/c1-5-11-12(18)16-14(3,6-2)13(19)17(11)10-15(20-4)8-7-9-15/h11H,5-10H2,1-4H3,(H,16,18). The molecule has 1 aliphatic carbocycles. The van der Waals surface area contributed by atoms with Crippen LogP contribution < -0.4 is 5.32 Å². The van der Waals surface area contributed by atoms with Gasteiger partial charge < -0.3 is 15.0 Å². The van der Waals surface area contributed by atoms with Gasteiger partial charge in [-0.1, -0.05) is 13.8 Å². The highest BCUT2D eigenvalue weighted by Gasteiger charge is 2.50. The van der Waals surface area contributed by atoms with Crippen LogP contribution in [0.4, 0.5) is 0 Å². The largest absolute Gasteiger partial charge is 0.376 e. The topological polar surface area (TPSA) is 58.6 Å². The van der Waals surface area contributed by atoms with Gasteiger partial charge in [0.2, 0.25) is 11.8 Å². The van der Waals surface area contributed by atoms with Crippen molar-refractivity contribution in [2.24, 2.45) is 0 Å². The smallest absolute Gasteiger partial charge is 0.248 e. The van der Waals surface area contributed by atoms with Crippen molar-refractivity contribution in [2.75, 3.05) is 13.7 Å². The van der Waals surface area contributed by atoms with Crippen LogP contribution in [-0.4, -0.2) is 47.6 Å². The predicted octanol–water partition coefficient (Wildman–Crippen LogP) is 1.46. The average Bonchev–Trinajstić information content (AvgIpc) is 2.39. The summed E-state index contributed by atoms with van der Waals surface area (Å²) in [6, 6.07) is -0.366. The Morgan fingerprint density at radius 3 is 2.40 bits per heavy atom. The summed E-state index contributed by atoms with van der Waals surface area (Å²) in [6.07, 6.45) is 4.30. The van der Waals surface area contributed by atoms with E-state index in [0.717, 1.165) is 19.3 Å². The first-order valence-electron chi connectivity index (χ1n) is 7.59. The van der Waals surface area contributed by atoms with Gasteiger partial charge in [-0.25, -0.2) is 0 Å². The molecule has 0 aromatic rings. The zero-order valence-corrected chi connectivity index (χ0v) is 13.0. The van der Waals surface area contributed by atoms with Crippen molar-refractivity contribution in [3.8, 4) is 0 Å². The molecule has 5 nitrogen and oxygen atoms in total. The van der Waals surface area contributed by atoms with E-state index < -0.39 is 5.54 Å². The molecule has 0 bridgehead atoms. The van der Waals surface area contributed by atoms with Crippen LogP contribution in [0.25, 0.3) is 0 Å². The lowest BCUT2D eigenvalue weighted by Gasteiger charge is -2.50. The molecule has 0 aromatic carbocycles. The van der Waals surface area contributed by atoms with E-state index in [4.69, 9.17) is 4.74 Å². The lowest BCUT2D eigenvalue weighted by molar-refractivity contribution is -0.164. The lowest BCUT2D eigenvalue weighted by Crippen LogP contribution is -2.71. The highest BCUT2D eigenvalue weighted by molar-refractivity contribution is 5.99. The number of ether oxygens (including phenoxy) is 1. The molecule has 2 atom stereocenters. The van der Waals surface area contributed by atoms with Gasteiger partial charge in [0.05, 0.1) is 12.1 Å². The summed E-state index contributed by atoms with van der Waals surface area (Å²) in [5, 5.41) is 2.89. The van der Waals surface area contributed by atoms with Gasteiger partial charge in [-0.05, 0) is 39.0 Å². The Hall–Kier alpha value is -1.10. The van der Waals surface area contributed by atoms with E-state index in [1.165, 1.54) is 0 Å². The summed E-state index contributed by atoms with van der Waals surface area (Å²) in [4.78, 5) is 26.8. The quantitative estimate of drug-likeness (QED) is 0.830. The molecule has 2 rings (SSSR count). The molecule has 0 spiro atoms. The van der Waals surface area contributed by atoms with Gasteiger partial charge in [0.15, 0.2) is 0 Å². The fourth-order valence-electron chi connectivity index (χ4n) is 3.14. The number of carbonyl (C=O) groups is 2. The fourth-order valence-corrected chi connectivity index (χ4v) is 3.14. The maximum atomic E-state index is 12.8. The van der Waals surface area contributed by atoms with Crippen molar-refractivity contribution in [1.82, 2.24) is 10.2 Å². The maximum Gasteiger partial charge on any atom is 0.248 e. The first-order valence-corrected chi connectivity index (χ1v) is 7.59. The minimum absolute atomic E-state index is 0.0229. The molecule has 1 heterocycles. The molecule has 1 saturated heterocycles. The van der Waals surface area contributed by atoms with Gasteiger partial charge in [0.1, 0.15) is 11.6 Å². The zero-order chi connectivity index (χ0) is 15.0. The monoisotopic (exact) mass is 282 g/mol. The van der Waals surface area contributed by atoms with Crippen molar-refractivity contribution >= 4 is 11.8 Å². The van der Waals surface area contributed by atoms with Crippen LogP contribution in [0.3, 0.4) is 0 Å². The highest BCUT2D eigenvalue weighted by Crippen LogP contribution is 2.37. The number of hydrogen-bond acceptors (Lipinski definition) is 3. The van der Waals surface area contributed by atoms with Crippen molar-refractivity contribution < 1.29 is 14.3 Å². The summed E-state index contributed by atoms with van der Waals surface area (Å²) in [6.45, 7) is 6.22. The van der Waals surface area contributed by atoms with E-state index in [9.17, 15) is 9.59 Å². The minimum Gasteiger partial charge on any atom is -0.376 e. The van der Waals surface area contributed by atoms with Crippen LogP contribution in [0, 0.1) is 0 Å². The normalized spacial score (nSPS) is 32.8. The molecule has 2 fully saturated rings. The Labute approximate surface area is 121 Å². The molecule has 114 valence electrons. The molecule has 20 heavy (non-hydrogen) atoms. The van der Waals surface area contributed by atoms with Gasteiger partial charge in [-0.2, -0.15) is 0 Å². The number of nitrogens with zero attached hydrogens (tertiary/aromatic N) is 1. The minimum atomic E-state index is -0.776. The van der Waals surface area contributed by atoms with Crippen LogP contribution in [-0.2, 0) is 14.3 Å². The van der Waals surface area contributed by atoms with Crippen LogP contribution in [0.1, 0.15) is 52.9 Å². The van der Waals surface area contributed by atoms with Crippen molar-refractivity contribution in [1.29, 1.82) is 0 Å². The van der Waals surface area contributed by atoms with E-state index in [-0.39, 0.29) is 23.5 Å². The third-order valence-corrected chi connectivity index (χ3v) is 5.06. The molecule has 1 saturated carbocycles. The van der Waals surface area contributed by atoms with E-state index in [0.29, 0.717) is 19.4 Å². The van der Waals surface area contributed by atoms with Crippen LogP contribution in [0.15, 0.2) is 0 Å². The zero-order valence-electron chi connectivity index (χ0n) is 13.0. The number of amides is 2. The summed E-state index contributed by atoms with van der Waals surface area (Å²) < 4.78 is 5.63. The molecule has 2 amide bonds. The Balaban J connectivity index is 2.25. The maximum absolute atomic E-state index is 12.8. The number of rotatable bonds is 5. The van der Waals surface area contributed by atoms with Gasteiger partial charge in [-0.3, -0.25) is 9.59 Å². The molecule has 0 aromatic heterocycles. The van der Waals surface area contributed by atoms with E-state index in [2.05, 4.69) is 5.32 Å². The molecule has 0 radical (unpaired) electrons. The predicted molar refractivity (Wildman–Crippen MR) is 76.2 cm³/mol. The molecular formula is C15H26N2O3. The molecule has 1 N–H and O–H groups in total. The Morgan fingerprint density at radius 1 is 1.35 bits per heavy atom. The molecule has 5 heteroatoms. The molecular weight excluding hydrogens is 256 g/mol. The summed E-state index contributed by atoms with van der Waals surface area (Å²) in [5.74, 6) is -0.0169. The average molecular weight is 282 g/mol. The van der Waals surface area contributed by atoms with Crippen molar-refractivity contribution in [3.63, 3.8) is 0 Å². The van der Waals surface area contributed by atoms with Gasteiger partial charge in [0.25, 0.3) is 0 Å². The Bertz CT molecular complexity index is 400. The number of hydrogen-bond donors (Lipinski definition) is 1. The van der Waals surface area contributed by atoms with E-state index in [1.54, 1.807) is 12.0 Å². The molecule has 1 aliphatic heterocycles. The number of nitrogens with one attached hydrogen (secondary N) is 1. The Morgan fingerprint density at radius 2 is 2.00 bits per heavy atom. The van der Waals surface area contributed by atoms with Crippen molar-refractivity contribution in [3.05, 3.63) is 0 Å². The lowest BCUT2D eigenvalue weighted by atomic mass is 9.78. The fraction of sp³-hybridized carbons (Fsp3) is 0.867. The first kappa shape index (κ1) is 15.3.